The van der Waals surface area contributed by atoms with Gasteiger partial charge in [-0.05, 0) is 55.4 Å². The Morgan fingerprint density at radius 3 is 2.50 bits per heavy atom. The van der Waals surface area contributed by atoms with Gasteiger partial charge in [0.2, 0.25) is 0 Å². The summed E-state index contributed by atoms with van der Waals surface area (Å²) in [5, 5.41) is 31.5. The molecule has 0 bridgehead atoms. The van der Waals surface area contributed by atoms with Crippen LogP contribution in [-0.4, -0.2) is 56.4 Å². The van der Waals surface area contributed by atoms with E-state index in [-0.39, 0.29) is 24.0 Å². The molecule has 4 aliphatic carbocycles. The lowest BCUT2D eigenvalue weighted by Crippen LogP contribution is -2.70. The van der Waals surface area contributed by atoms with Crippen LogP contribution < -0.4 is 0 Å². The summed E-state index contributed by atoms with van der Waals surface area (Å²) in [6.07, 6.45) is -0.737. The highest BCUT2D eigenvalue weighted by molar-refractivity contribution is 6.37. The number of carbonyl (C=O) groups excluding carboxylic acids is 2. The summed E-state index contributed by atoms with van der Waals surface area (Å²) in [6.45, 7) is 6.56. The predicted octanol–water partition coefficient (Wildman–Crippen LogP) is 1.86. The Bertz CT molecular complexity index is 955. The molecule has 0 radical (unpaired) electrons. The van der Waals surface area contributed by atoms with Crippen molar-refractivity contribution in [2.45, 2.75) is 56.7 Å². The molecule has 30 heavy (non-hydrogen) atoms. The Hall–Kier alpha value is -2.19. The maximum Gasteiger partial charge on any atom is 0.375 e. The first-order valence-corrected chi connectivity index (χ1v) is 9.89. The maximum absolute atomic E-state index is 16.8. The number of carboxylic acids is 1. The van der Waals surface area contributed by atoms with Crippen LogP contribution in [0.15, 0.2) is 36.0 Å². The third kappa shape index (κ3) is 2.11. The quantitative estimate of drug-likeness (QED) is 0.463. The summed E-state index contributed by atoms with van der Waals surface area (Å²) in [6, 6.07) is 0. The van der Waals surface area contributed by atoms with Crippen molar-refractivity contribution in [1.82, 2.24) is 0 Å². The lowest BCUT2D eigenvalue weighted by Gasteiger charge is -2.62. The lowest BCUT2D eigenvalue weighted by molar-refractivity contribution is -0.220. The molecule has 162 valence electrons. The van der Waals surface area contributed by atoms with Gasteiger partial charge in [0.15, 0.2) is 17.1 Å². The molecule has 8 atom stereocenters. The number of hydrogen-bond donors (Lipinski definition) is 3. The van der Waals surface area contributed by atoms with Gasteiger partial charge in [-0.1, -0.05) is 19.6 Å². The van der Waals surface area contributed by atoms with E-state index in [0.717, 1.165) is 12.2 Å². The van der Waals surface area contributed by atoms with Crippen LogP contribution in [0, 0.1) is 22.7 Å². The van der Waals surface area contributed by atoms with Crippen molar-refractivity contribution in [3.63, 3.8) is 0 Å². The number of carboxylic acid groups (broad SMARTS) is 1. The van der Waals surface area contributed by atoms with Crippen molar-refractivity contribution in [3.05, 3.63) is 36.0 Å². The van der Waals surface area contributed by atoms with Crippen molar-refractivity contribution in [2.75, 3.05) is 0 Å². The standard InChI is InChI=1S/C22H24F2O6/c1-10-6-12-13-8-15(23)14-7-11(25)4-5-19(14,2)21(13,24)16(26)9-20(12,3)22(10,30)17(27)18(28)29/h4-5,7,12-13,15-16,26,30H,1,6,8-9H2,2-3H3,(H,28,29)/t12-,13-,15-,16-,19-,20-,21-,22-/m0/s1. The second kappa shape index (κ2) is 5.95. The van der Waals surface area contributed by atoms with E-state index in [1.165, 1.54) is 19.9 Å². The molecular formula is C22H24F2O6. The number of carbonyl (C=O) groups is 3. The molecule has 0 amide bonds. The van der Waals surface area contributed by atoms with E-state index in [9.17, 15) is 29.7 Å². The summed E-state index contributed by atoms with van der Waals surface area (Å²) in [5.41, 5.74) is -8.11. The number of hydrogen-bond acceptors (Lipinski definition) is 5. The number of aliphatic carboxylic acids is 1. The summed E-state index contributed by atoms with van der Waals surface area (Å²) in [4.78, 5) is 35.7. The van der Waals surface area contributed by atoms with E-state index in [4.69, 9.17) is 0 Å². The van der Waals surface area contributed by atoms with E-state index in [1.807, 2.05) is 0 Å². The molecule has 4 rings (SSSR count). The fraction of sp³-hybridized carbons (Fsp3) is 0.591. The van der Waals surface area contributed by atoms with Crippen molar-refractivity contribution in [1.29, 1.82) is 0 Å². The monoisotopic (exact) mass is 422 g/mol. The molecule has 4 aliphatic rings. The van der Waals surface area contributed by atoms with Crippen LogP contribution in [0.1, 0.15) is 33.1 Å². The number of ketones is 2. The summed E-state index contributed by atoms with van der Waals surface area (Å²) in [5.74, 6) is -5.76. The van der Waals surface area contributed by atoms with Crippen LogP contribution in [0.4, 0.5) is 8.78 Å². The molecule has 3 N–H and O–H groups in total. The second-order valence-electron chi connectivity index (χ2n) is 9.51. The molecule has 0 unspecified atom stereocenters. The molecule has 3 fully saturated rings. The summed E-state index contributed by atoms with van der Waals surface area (Å²) in [7, 11) is 0. The molecular weight excluding hydrogens is 398 g/mol. The van der Waals surface area contributed by atoms with Gasteiger partial charge in [0, 0.05) is 16.7 Å². The van der Waals surface area contributed by atoms with Gasteiger partial charge < -0.3 is 15.3 Å². The number of fused-ring (bicyclic) bond motifs is 5. The fourth-order valence-electron chi connectivity index (χ4n) is 6.74. The normalized spacial score (nSPS) is 49.7. The van der Waals surface area contributed by atoms with Gasteiger partial charge in [-0.15, -0.1) is 0 Å². The van der Waals surface area contributed by atoms with Crippen LogP contribution >= 0.6 is 0 Å². The van der Waals surface area contributed by atoms with Gasteiger partial charge in [0.25, 0.3) is 5.78 Å². The molecule has 6 nitrogen and oxygen atoms in total. The van der Waals surface area contributed by atoms with Crippen molar-refractivity contribution in [2.24, 2.45) is 22.7 Å². The Morgan fingerprint density at radius 1 is 1.27 bits per heavy atom. The molecule has 0 saturated heterocycles. The molecule has 3 saturated carbocycles. The van der Waals surface area contributed by atoms with Crippen LogP contribution in [0.2, 0.25) is 0 Å². The zero-order valence-electron chi connectivity index (χ0n) is 16.7. The third-order valence-electron chi connectivity index (χ3n) is 8.35. The highest BCUT2D eigenvalue weighted by atomic mass is 19.1. The average molecular weight is 422 g/mol. The van der Waals surface area contributed by atoms with Crippen LogP contribution in [0.3, 0.4) is 0 Å². The van der Waals surface area contributed by atoms with Gasteiger partial charge in [0.1, 0.15) is 6.17 Å². The first kappa shape index (κ1) is 21.1. The minimum atomic E-state index is -2.49. The van der Waals surface area contributed by atoms with Crippen molar-refractivity contribution < 1.29 is 38.5 Å². The fourth-order valence-corrected chi connectivity index (χ4v) is 6.74. The molecule has 0 heterocycles. The molecule has 8 heteroatoms. The van der Waals surface area contributed by atoms with Gasteiger partial charge >= 0.3 is 5.97 Å². The van der Waals surface area contributed by atoms with Crippen LogP contribution in [0.25, 0.3) is 0 Å². The topological polar surface area (TPSA) is 112 Å². The van der Waals surface area contributed by atoms with Gasteiger partial charge in [-0.3, -0.25) is 9.59 Å². The number of Topliss-reactive ketones (excluding diaryl/α,β-unsaturated/α-hetero) is 1. The minimum absolute atomic E-state index is 0.0369. The Kier molecular flexibility index (Phi) is 4.17. The van der Waals surface area contributed by atoms with E-state index < -0.39 is 70.2 Å². The Balaban J connectivity index is 1.89. The number of allylic oxidation sites excluding steroid dienone is 4. The number of aliphatic hydroxyl groups excluding tert-OH is 1. The highest BCUT2D eigenvalue weighted by Crippen LogP contribution is 2.70. The Morgan fingerprint density at radius 2 is 1.90 bits per heavy atom. The first-order valence-electron chi connectivity index (χ1n) is 9.89. The number of rotatable bonds is 2. The average Bonchev–Trinajstić information content (AvgIpc) is 2.86. The number of alkyl halides is 2. The van der Waals surface area contributed by atoms with E-state index in [2.05, 4.69) is 6.58 Å². The van der Waals surface area contributed by atoms with Crippen molar-refractivity contribution >= 4 is 17.5 Å². The van der Waals surface area contributed by atoms with E-state index in [0.29, 0.717) is 0 Å². The SMILES string of the molecule is C=C1C[C@H]2[C@@H]3C[C@H](F)C4=CC(=O)C=C[C@]4(C)[C@@]3(F)[C@@H](O)C[C@]2(C)[C@@]1(O)C(=O)C(=O)O. The molecule has 0 aromatic carbocycles. The molecule has 0 aromatic rings. The van der Waals surface area contributed by atoms with Crippen LogP contribution in [0.5, 0.6) is 0 Å². The minimum Gasteiger partial charge on any atom is -0.475 e. The number of halogens is 2. The van der Waals surface area contributed by atoms with Gasteiger partial charge in [-0.25, -0.2) is 13.6 Å². The zero-order chi connectivity index (χ0) is 22.4. The molecule has 0 aliphatic heterocycles. The maximum atomic E-state index is 16.8. The molecule has 0 spiro atoms. The van der Waals surface area contributed by atoms with Crippen LogP contribution in [-0.2, 0) is 14.4 Å². The number of aliphatic hydroxyl groups is 2. The molecule has 0 aromatic heterocycles. The second-order valence-corrected chi connectivity index (χ2v) is 9.51. The Labute approximate surface area is 172 Å². The zero-order valence-corrected chi connectivity index (χ0v) is 16.7. The summed E-state index contributed by atoms with van der Waals surface area (Å²) >= 11 is 0. The summed E-state index contributed by atoms with van der Waals surface area (Å²) < 4.78 is 32.1. The van der Waals surface area contributed by atoms with E-state index in [1.54, 1.807) is 0 Å². The first-order chi connectivity index (χ1) is 13.7. The van der Waals surface area contributed by atoms with Gasteiger partial charge in [0.05, 0.1) is 6.10 Å². The third-order valence-corrected chi connectivity index (χ3v) is 8.35. The van der Waals surface area contributed by atoms with E-state index >= 15 is 8.78 Å². The predicted molar refractivity (Wildman–Crippen MR) is 101 cm³/mol. The van der Waals surface area contributed by atoms with Gasteiger partial charge in [-0.2, -0.15) is 0 Å². The lowest BCUT2D eigenvalue weighted by atomic mass is 9.44. The highest BCUT2D eigenvalue weighted by Gasteiger charge is 2.76. The largest absolute Gasteiger partial charge is 0.475 e. The van der Waals surface area contributed by atoms with Crippen molar-refractivity contribution in [3.8, 4) is 0 Å². The smallest absolute Gasteiger partial charge is 0.375 e.